The average Bonchev–Trinajstić information content (AvgIpc) is 2.58. The summed E-state index contributed by atoms with van der Waals surface area (Å²) in [4.78, 5) is 10.5. The number of hydrogen-bond donors (Lipinski definition) is 1. The fraction of sp³-hybridized carbons (Fsp3) is 0.500. The molecule has 86 valence electrons. The molecule has 0 aromatic carbocycles. The summed E-state index contributed by atoms with van der Waals surface area (Å²) in [7, 11) is 3.86. The second-order valence-corrected chi connectivity index (χ2v) is 4.25. The fourth-order valence-corrected chi connectivity index (χ4v) is 1.66. The van der Waals surface area contributed by atoms with Crippen LogP contribution in [0.5, 0.6) is 0 Å². The molecule has 0 unspecified atom stereocenters. The molecule has 0 aliphatic heterocycles. The van der Waals surface area contributed by atoms with Crippen molar-refractivity contribution < 1.29 is 0 Å². The van der Waals surface area contributed by atoms with E-state index in [4.69, 9.17) is 5.73 Å². The molecule has 0 aliphatic rings. The molecule has 16 heavy (non-hydrogen) atoms. The van der Waals surface area contributed by atoms with Gasteiger partial charge in [0.05, 0.1) is 5.69 Å². The molecule has 6 nitrogen and oxygen atoms in total. The van der Waals surface area contributed by atoms with E-state index >= 15 is 0 Å². The number of anilines is 2. The lowest BCUT2D eigenvalue weighted by atomic mass is 10.1. The summed E-state index contributed by atoms with van der Waals surface area (Å²) < 4.78 is 1.73. The summed E-state index contributed by atoms with van der Waals surface area (Å²) >= 11 is 0. The number of nitrogens with zero attached hydrogens (tertiary/aromatic N) is 5. The second kappa shape index (κ2) is 3.62. The van der Waals surface area contributed by atoms with Crippen LogP contribution in [-0.4, -0.2) is 33.7 Å². The van der Waals surface area contributed by atoms with Gasteiger partial charge in [-0.05, 0) is 5.92 Å². The van der Waals surface area contributed by atoms with Gasteiger partial charge in [-0.25, -0.2) is 9.97 Å². The van der Waals surface area contributed by atoms with Gasteiger partial charge >= 0.3 is 0 Å². The summed E-state index contributed by atoms with van der Waals surface area (Å²) in [5.41, 5.74) is 7.62. The molecule has 2 rings (SSSR count). The van der Waals surface area contributed by atoms with Crippen LogP contribution in [0.1, 0.15) is 25.5 Å². The zero-order chi connectivity index (χ0) is 11.9. The molecule has 0 bridgehead atoms. The minimum atomic E-state index is 0.289. The van der Waals surface area contributed by atoms with E-state index < -0.39 is 0 Å². The van der Waals surface area contributed by atoms with E-state index in [0.29, 0.717) is 5.82 Å². The van der Waals surface area contributed by atoms with E-state index in [1.807, 2.05) is 19.0 Å². The van der Waals surface area contributed by atoms with Gasteiger partial charge in [-0.1, -0.05) is 13.8 Å². The third-order valence-electron chi connectivity index (χ3n) is 2.42. The van der Waals surface area contributed by atoms with Crippen molar-refractivity contribution in [1.29, 1.82) is 0 Å². The minimum Gasteiger partial charge on any atom is -0.382 e. The Bertz CT molecular complexity index is 513. The van der Waals surface area contributed by atoms with Crippen molar-refractivity contribution in [2.75, 3.05) is 24.7 Å². The van der Waals surface area contributed by atoms with Crippen molar-refractivity contribution in [3.05, 3.63) is 12.0 Å². The third-order valence-corrected chi connectivity index (χ3v) is 2.42. The van der Waals surface area contributed by atoms with Crippen LogP contribution in [0.15, 0.2) is 6.33 Å². The molecule has 0 saturated carbocycles. The first kappa shape index (κ1) is 10.7. The smallest absolute Gasteiger partial charge is 0.227 e. The molecular formula is C10H16N6. The van der Waals surface area contributed by atoms with Gasteiger partial charge in [0.2, 0.25) is 5.95 Å². The first-order valence-corrected chi connectivity index (χ1v) is 5.18. The Balaban J connectivity index is 2.82. The quantitative estimate of drug-likeness (QED) is 0.814. The van der Waals surface area contributed by atoms with Gasteiger partial charge in [-0.15, -0.1) is 0 Å². The molecule has 2 aromatic heterocycles. The highest BCUT2D eigenvalue weighted by Crippen LogP contribution is 2.26. The third kappa shape index (κ3) is 1.46. The van der Waals surface area contributed by atoms with Gasteiger partial charge in [0.25, 0.3) is 0 Å². The van der Waals surface area contributed by atoms with Crippen LogP contribution in [0.4, 0.5) is 11.8 Å². The van der Waals surface area contributed by atoms with E-state index in [1.54, 1.807) is 4.52 Å². The molecule has 2 heterocycles. The maximum atomic E-state index is 5.88. The molecule has 2 aromatic rings. The number of fused-ring (bicyclic) bond motifs is 1. The Morgan fingerprint density at radius 3 is 2.62 bits per heavy atom. The second-order valence-electron chi connectivity index (χ2n) is 4.25. The molecule has 0 radical (unpaired) electrons. The maximum Gasteiger partial charge on any atom is 0.227 e. The first-order valence-electron chi connectivity index (χ1n) is 5.18. The highest BCUT2D eigenvalue weighted by Gasteiger charge is 2.18. The van der Waals surface area contributed by atoms with E-state index in [0.717, 1.165) is 17.2 Å². The van der Waals surface area contributed by atoms with Crippen LogP contribution >= 0.6 is 0 Å². The lowest BCUT2D eigenvalue weighted by molar-refractivity contribution is 0.837. The van der Waals surface area contributed by atoms with Gasteiger partial charge in [-0.2, -0.15) is 9.61 Å². The molecule has 2 N–H and O–H groups in total. The van der Waals surface area contributed by atoms with E-state index in [9.17, 15) is 0 Å². The van der Waals surface area contributed by atoms with Crippen LogP contribution in [0.25, 0.3) is 5.52 Å². The van der Waals surface area contributed by atoms with Crippen molar-refractivity contribution >= 4 is 17.3 Å². The number of nitrogen functional groups attached to an aromatic ring is 1. The predicted molar refractivity (Wildman–Crippen MR) is 63.6 cm³/mol. The molecule has 0 aliphatic carbocycles. The molecule has 0 amide bonds. The van der Waals surface area contributed by atoms with E-state index in [2.05, 4.69) is 28.9 Å². The molecule has 6 heteroatoms. The molecule has 0 fully saturated rings. The van der Waals surface area contributed by atoms with E-state index in [-0.39, 0.29) is 5.92 Å². The number of aromatic nitrogens is 4. The summed E-state index contributed by atoms with van der Waals surface area (Å²) in [6.07, 6.45) is 1.45. The summed E-state index contributed by atoms with van der Waals surface area (Å²) in [6, 6.07) is 0. The van der Waals surface area contributed by atoms with Crippen LogP contribution in [0, 0.1) is 0 Å². The summed E-state index contributed by atoms with van der Waals surface area (Å²) in [5.74, 6) is 1.53. The van der Waals surface area contributed by atoms with Crippen molar-refractivity contribution in [2.45, 2.75) is 19.8 Å². The predicted octanol–water partition coefficient (Wildman–Crippen LogP) is 0.896. The lowest BCUT2D eigenvalue weighted by Gasteiger charge is -2.08. The van der Waals surface area contributed by atoms with Gasteiger partial charge in [0.1, 0.15) is 11.8 Å². The van der Waals surface area contributed by atoms with Crippen molar-refractivity contribution in [1.82, 2.24) is 19.6 Å². The Morgan fingerprint density at radius 1 is 1.38 bits per heavy atom. The highest BCUT2D eigenvalue weighted by atomic mass is 15.4. The zero-order valence-electron chi connectivity index (χ0n) is 9.97. The van der Waals surface area contributed by atoms with Gasteiger partial charge < -0.3 is 10.6 Å². The van der Waals surface area contributed by atoms with Gasteiger partial charge in [0, 0.05) is 14.1 Å². The monoisotopic (exact) mass is 220 g/mol. The fourth-order valence-electron chi connectivity index (χ4n) is 1.66. The number of hydrogen-bond acceptors (Lipinski definition) is 5. The molecule has 0 atom stereocenters. The van der Waals surface area contributed by atoms with Gasteiger partial charge in [0.15, 0.2) is 5.82 Å². The lowest BCUT2D eigenvalue weighted by Crippen LogP contribution is -2.14. The topological polar surface area (TPSA) is 72.3 Å². The molecular weight excluding hydrogens is 204 g/mol. The standard InChI is InChI=1S/C10H16N6/c1-6(2)7-8-9(11)12-5-13-16(8)10(14-7)15(3)4/h5-6H,1-4H3,(H2,11,12,13). The average molecular weight is 220 g/mol. The van der Waals surface area contributed by atoms with Crippen molar-refractivity contribution in [3.63, 3.8) is 0 Å². The Hall–Kier alpha value is -1.85. The SMILES string of the molecule is CC(C)c1nc(N(C)C)n2ncnc(N)c12. The molecule has 0 spiro atoms. The number of imidazole rings is 1. The Morgan fingerprint density at radius 2 is 2.06 bits per heavy atom. The number of nitrogens with two attached hydrogens (primary N) is 1. The van der Waals surface area contributed by atoms with E-state index in [1.165, 1.54) is 6.33 Å². The Kier molecular flexibility index (Phi) is 2.41. The maximum absolute atomic E-state index is 5.88. The molecule has 0 saturated heterocycles. The zero-order valence-corrected chi connectivity index (χ0v) is 9.97. The highest BCUT2D eigenvalue weighted by molar-refractivity contribution is 5.71. The van der Waals surface area contributed by atoms with Crippen LogP contribution in [0.2, 0.25) is 0 Å². The summed E-state index contributed by atoms with van der Waals surface area (Å²) in [6.45, 7) is 4.16. The van der Waals surface area contributed by atoms with Crippen LogP contribution in [-0.2, 0) is 0 Å². The van der Waals surface area contributed by atoms with Gasteiger partial charge in [-0.3, -0.25) is 0 Å². The minimum absolute atomic E-state index is 0.289. The number of rotatable bonds is 2. The van der Waals surface area contributed by atoms with Crippen LogP contribution in [0.3, 0.4) is 0 Å². The largest absolute Gasteiger partial charge is 0.382 e. The normalized spacial score (nSPS) is 11.3. The van der Waals surface area contributed by atoms with Crippen molar-refractivity contribution in [2.24, 2.45) is 0 Å². The van der Waals surface area contributed by atoms with Crippen LogP contribution < -0.4 is 10.6 Å². The van der Waals surface area contributed by atoms with Crippen molar-refractivity contribution in [3.8, 4) is 0 Å². The first-order chi connectivity index (χ1) is 7.52. The summed E-state index contributed by atoms with van der Waals surface area (Å²) in [5, 5.41) is 4.19. The Labute approximate surface area is 94.1 Å².